The second-order valence-corrected chi connectivity index (χ2v) is 7.88. The quantitative estimate of drug-likeness (QED) is 0.689. The number of halogens is 1. The third kappa shape index (κ3) is 5.15. The molecule has 3 rings (SSSR count). The summed E-state index contributed by atoms with van der Waals surface area (Å²) >= 11 is 8.62. The minimum atomic E-state index is -0.318. The van der Waals surface area contributed by atoms with Crippen LogP contribution in [0.1, 0.15) is 20.7 Å². The fourth-order valence-corrected chi connectivity index (χ4v) is 3.52. The first-order valence-corrected chi connectivity index (χ1v) is 10.1. The van der Waals surface area contributed by atoms with E-state index < -0.39 is 0 Å². The Hall–Kier alpha value is -2.29. The molecule has 0 radical (unpaired) electrons. The number of piperazine rings is 1. The highest BCUT2D eigenvalue weighted by Crippen LogP contribution is 2.18. The van der Waals surface area contributed by atoms with Gasteiger partial charge in [-0.1, -0.05) is 34.1 Å². The Labute approximate surface area is 178 Å². The topological polar surface area (TPSA) is 64.7 Å². The van der Waals surface area contributed by atoms with Gasteiger partial charge in [0.25, 0.3) is 11.8 Å². The van der Waals surface area contributed by atoms with Gasteiger partial charge in [-0.25, -0.2) is 0 Å². The van der Waals surface area contributed by atoms with E-state index in [0.29, 0.717) is 29.9 Å². The maximum atomic E-state index is 12.9. The van der Waals surface area contributed by atoms with Crippen LogP contribution in [0, 0.1) is 0 Å². The Kier molecular flexibility index (Phi) is 6.77. The van der Waals surface area contributed by atoms with Crippen molar-refractivity contribution in [1.29, 1.82) is 0 Å². The first-order chi connectivity index (χ1) is 13.4. The normalized spacial score (nSPS) is 14.4. The summed E-state index contributed by atoms with van der Waals surface area (Å²) in [6.07, 6.45) is 0. The molecule has 1 aliphatic rings. The van der Waals surface area contributed by atoms with Crippen molar-refractivity contribution in [2.24, 2.45) is 0 Å². The van der Waals surface area contributed by atoms with Crippen LogP contribution < -0.4 is 10.6 Å². The molecule has 1 aliphatic heterocycles. The lowest BCUT2D eigenvalue weighted by Crippen LogP contribution is -2.47. The minimum absolute atomic E-state index is 0.0442. The minimum Gasteiger partial charge on any atom is -0.336 e. The number of nitrogens with zero attached hydrogens (tertiary/aromatic N) is 2. The lowest BCUT2D eigenvalue weighted by Gasteiger charge is -2.32. The van der Waals surface area contributed by atoms with Crippen LogP contribution in [0.25, 0.3) is 0 Å². The zero-order valence-corrected chi connectivity index (χ0v) is 17.8. The van der Waals surface area contributed by atoms with Crippen LogP contribution in [0.15, 0.2) is 53.0 Å². The number of para-hydroxylation sites is 1. The number of carbonyl (C=O) groups is 2. The van der Waals surface area contributed by atoms with Crippen molar-refractivity contribution >= 4 is 50.8 Å². The van der Waals surface area contributed by atoms with E-state index in [4.69, 9.17) is 12.2 Å². The molecule has 0 bridgehead atoms. The van der Waals surface area contributed by atoms with E-state index in [9.17, 15) is 9.59 Å². The second kappa shape index (κ2) is 9.27. The standard InChI is InChI=1S/C20H21BrN4O2S/c1-24-9-11-25(12-10-24)19(27)16-7-2-3-8-17(16)22-20(28)23-18(26)14-5-4-6-15(21)13-14/h2-8,13H,9-12H2,1H3,(H2,22,23,26,28). The molecule has 1 fully saturated rings. The molecule has 2 aromatic rings. The van der Waals surface area contributed by atoms with Crippen molar-refractivity contribution in [3.05, 3.63) is 64.1 Å². The van der Waals surface area contributed by atoms with Crippen LogP contribution in [-0.2, 0) is 0 Å². The predicted octanol–water partition coefficient (Wildman–Crippen LogP) is 2.96. The molecule has 6 nitrogen and oxygen atoms in total. The number of hydrogen-bond acceptors (Lipinski definition) is 4. The number of benzene rings is 2. The summed E-state index contributed by atoms with van der Waals surface area (Å²) in [5.41, 5.74) is 1.59. The van der Waals surface area contributed by atoms with E-state index in [1.54, 1.807) is 30.3 Å². The van der Waals surface area contributed by atoms with Crippen LogP contribution in [0.3, 0.4) is 0 Å². The number of thiocarbonyl (C=S) groups is 1. The van der Waals surface area contributed by atoms with Gasteiger partial charge in [-0.15, -0.1) is 0 Å². The van der Waals surface area contributed by atoms with Gasteiger partial charge in [-0.05, 0) is 49.6 Å². The number of anilines is 1. The molecule has 2 N–H and O–H groups in total. The number of likely N-dealkylation sites (N-methyl/N-ethyl adjacent to an activating group) is 1. The van der Waals surface area contributed by atoms with Crippen LogP contribution in [0.2, 0.25) is 0 Å². The van der Waals surface area contributed by atoms with E-state index in [0.717, 1.165) is 17.6 Å². The summed E-state index contributed by atoms with van der Waals surface area (Å²) in [5, 5.41) is 5.78. The van der Waals surface area contributed by atoms with E-state index in [-0.39, 0.29) is 16.9 Å². The molecule has 0 aliphatic carbocycles. The summed E-state index contributed by atoms with van der Waals surface area (Å²) in [6.45, 7) is 3.08. The zero-order valence-electron chi connectivity index (χ0n) is 15.4. The van der Waals surface area contributed by atoms with Crippen LogP contribution >= 0.6 is 28.1 Å². The molecular formula is C20H21BrN4O2S. The Bertz CT molecular complexity index is 897. The van der Waals surface area contributed by atoms with Crippen LogP contribution in [-0.4, -0.2) is 60.0 Å². The maximum absolute atomic E-state index is 12.9. The lowest BCUT2D eigenvalue weighted by atomic mass is 10.1. The highest BCUT2D eigenvalue weighted by molar-refractivity contribution is 9.10. The van der Waals surface area contributed by atoms with Gasteiger partial charge in [-0.2, -0.15) is 0 Å². The molecule has 0 aromatic heterocycles. The second-order valence-electron chi connectivity index (χ2n) is 6.56. The van der Waals surface area contributed by atoms with Crippen molar-refractivity contribution in [1.82, 2.24) is 15.1 Å². The van der Waals surface area contributed by atoms with Crippen molar-refractivity contribution in [2.75, 3.05) is 38.5 Å². The van der Waals surface area contributed by atoms with Gasteiger partial charge >= 0.3 is 0 Å². The van der Waals surface area contributed by atoms with Crippen molar-refractivity contribution in [3.63, 3.8) is 0 Å². The number of rotatable bonds is 3. The van der Waals surface area contributed by atoms with Crippen molar-refractivity contribution in [3.8, 4) is 0 Å². The van der Waals surface area contributed by atoms with E-state index in [1.165, 1.54) is 0 Å². The van der Waals surface area contributed by atoms with E-state index in [2.05, 4.69) is 31.5 Å². The van der Waals surface area contributed by atoms with Gasteiger partial charge in [0.1, 0.15) is 0 Å². The third-order valence-electron chi connectivity index (χ3n) is 4.51. The molecule has 0 unspecified atom stereocenters. The molecule has 0 spiro atoms. The first-order valence-electron chi connectivity index (χ1n) is 8.89. The summed E-state index contributed by atoms with van der Waals surface area (Å²) in [5.74, 6) is -0.362. The van der Waals surface area contributed by atoms with E-state index >= 15 is 0 Å². The van der Waals surface area contributed by atoms with Crippen LogP contribution in [0.4, 0.5) is 5.69 Å². The molecule has 2 aromatic carbocycles. The average Bonchev–Trinajstić information content (AvgIpc) is 2.68. The molecule has 146 valence electrons. The van der Waals surface area contributed by atoms with Crippen molar-refractivity contribution in [2.45, 2.75) is 0 Å². The third-order valence-corrected chi connectivity index (χ3v) is 5.21. The molecule has 0 saturated carbocycles. The van der Waals surface area contributed by atoms with Crippen molar-refractivity contribution < 1.29 is 9.59 Å². The Morgan fingerprint density at radius 2 is 1.75 bits per heavy atom. The number of amides is 2. The monoisotopic (exact) mass is 460 g/mol. The predicted molar refractivity (Wildman–Crippen MR) is 118 cm³/mol. The maximum Gasteiger partial charge on any atom is 0.257 e. The smallest absolute Gasteiger partial charge is 0.257 e. The molecule has 8 heteroatoms. The molecule has 2 amide bonds. The summed E-state index contributed by atoms with van der Waals surface area (Å²) < 4.78 is 0.808. The average molecular weight is 461 g/mol. The fraction of sp³-hybridized carbons (Fsp3) is 0.250. The van der Waals surface area contributed by atoms with Gasteiger partial charge in [0.2, 0.25) is 0 Å². The van der Waals surface area contributed by atoms with Gasteiger partial charge in [0.05, 0.1) is 11.3 Å². The highest BCUT2D eigenvalue weighted by Gasteiger charge is 2.22. The molecule has 28 heavy (non-hydrogen) atoms. The lowest BCUT2D eigenvalue weighted by molar-refractivity contribution is 0.0665. The molecule has 0 atom stereocenters. The first kappa shape index (κ1) is 20.4. The SMILES string of the molecule is CN1CCN(C(=O)c2ccccc2NC(=S)NC(=O)c2cccc(Br)c2)CC1. The fourth-order valence-electron chi connectivity index (χ4n) is 2.92. The van der Waals surface area contributed by atoms with Gasteiger partial charge in [0, 0.05) is 36.2 Å². The van der Waals surface area contributed by atoms with Gasteiger partial charge in [0.15, 0.2) is 5.11 Å². The number of hydrogen-bond donors (Lipinski definition) is 2. The molecule has 1 heterocycles. The number of nitrogens with one attached hydrogen (secondary N) is 2. The summed E-state index contributed by atoms with van der Waals surface area (Å²) in [6, 6.07) is 14.2. The zero-order chi connectivity index (χ0) is 20.1. The Morgan fingerprint density at radius 1 is 1.04 bits per heavy atom. The largest absolute Gasteiger partial charge is 0.336 e. The summed E-state index contributed by atoms with van der Waals surface area (Å²) in [4.78, 5) is 29.3. The Balaban J connectivity index is 1.68. The van der Waals surface area contributed by atoms with Gasteiger partial charge < -0.3 is 15.1 Å². The highest BCUT2D eigenvalue weighted by atomic mass is 79.9. The molecule has 1 saturated heterocycles. The number of carbonyl (C=O) groups excluding carboxylic acids is 2. The van der Waals surface area contributed by atoms with E-state index in [1.807, 2.05) is 30.1 Å². The molecular weight excluding hydrogens is 440 g/mol. The van der Waals surface area contributed by atoms with Crippen LogP contribution in [0.5, 0.6) is 0 Å². The Morgan fingerprint density at radius 3 is 2.46 bits per heavy atom. The summed E-state index contributed by atoms with van der Waals surface area (Å²) in [7, 11) is 2.05. The van der Waals surface area contributed by atoms with Gasteiger partial charge in [-0.3, -0.25) is 14.9 Å².